The highest BCUT2D eigenvalue weighted by atomic mass is 79.9. The van der Waals surface area contributed by atoms with E-state index in [4.69, 9.17) is 5.11 Å². The Kier molecular flexibility index (Phi) is 3.98. The first-order chi connectivity index (χ1) is 8.84. The Morgan fingerprint density at radius 2 is 2.16 bits per heavy atom. The van der Waals surface area contributed by atoms with Crippen LogP contribution in [0.4, 0.5) is 0 Å². The van der Waals surface area contributed by atoms with Gasteiger partial charge in [-0.25, -0.2) is 13.2 Å². The van der Waals surface area contributed by atoms with Gasteiger partial charge in [0, 0.05) is 17.1 Å². The van der Waals surface area contributed by atoms with E-state index in [2.05, 4.69) is 15.9 Å². The van der Waals surface area contributed by atoms with Gasteiger partial charge in [0.05, 0.1) is 10.5 Å². The number of benzene rings is 1. The van der Waals surface area contributed by atoms with E-state index in [-0.39, 0.29) is 21.0 Å². The largest absolute Gasteiger partial charge is 0.478 e. The number of hydrogen-bond acceptors (Lipinski definition) is 3. The van der Waals surface area contributed by atoms with Crippen molar-refractivity contribution in [2.45, 2.75) is 30.7 Å². The molecule has 0 radical (unpaired) electrons. The van der Waals surface area contributed by atoms with Crippen molar-refractivity contribution < 1.29 is 18.3 Å². The third-order valence-corrected chi connectivity index (χ3v) is 6.25. The zero-order valence-corrected chi connectivity index (χ0v) is 12.7. The highest BCUT2D eigenvalue weighted by Crippen LogP contribution is 2.30. The number of carboxylic acids is 1. The van der Waals surface area contributed by atoms with Crippen LogP contribution in [0.25, 0.3) is 0 Å². The lowest BCUT2D eigenvalue weighted by Crippen LogP contribution is -2.33. The van der Waals surface area contributed by atoms with Gasteiger partial charge in [0.2, 0.25) is 10.0 Å². The number of aromatic carboxylic acids is 1. The molecule has 1 aromatic rings. The van der Waals surface area contributed by atoms with Gasteiger partial charge in [0.15, 0.2) is 0 Å². The second-order valence-corrected chi connectivity index (χ2v) is 7.27. The first kappa shape index (κ1) is 14.5. The number of halogens is 1. The second-order valence-electron chi connectivity index (χ2n) is 4.56. The Labute approximate surface area is 120 Å². The molecule has 1 atom stereocenters. The van der Waals surface area contributed by atoms with Crippen molar-refractivity contribution >= 4 is 31.9 Å². The molecule has 5 nitrogen and oxygen atoms in total. The molecule has 0 aliphatic carbocycles. The minimum atomic E-state index is -3.57. The molecule has 1 aliphatic heterocycles. The SMILES string of the molecule is CC1CCCN1S(=O)(=O)c1ccc(C(=O)O)cc1Br. The first-order valence-electron chi connectivity index (χ1n) is 5.88. The minimum Gasteiger partial charge on any atom is -0.478 e. The summed E-state index contributed by atoms with van der Waals surface area (Å²) in [6.45, 7) is 2.39. The molecule has 1 heterocycles. The zero-order valence-electron chi connectivity index (χ0n) is 10.3. The minimum absolute atomic E-state index is 0.0175. The number of hydrogen-bond donors (Lipinski definition) is 1. The molecule has 1 aliphatic rings. The third kappa shape index (κ3) is 2.68. The number of nitrogens with zero attached hydrogens (tertiary/aromatic N) is 1. The Hall–Kier alpha value is -0.920. The standard InChI is InChI=1S/C12H14BrNO4S/c1-8-3-2-6-14(8)19(17,18)11-5-4-9(12(15)16)7-10(11)13/h4-5,7-8H,2-3,6H2,1H3,(H,15,16). The molecule has 1 N–H and O–H groups in total. The maximum absolute atomic E-state index is 12.5. The second kappa shape index (κ2) is 5.22. The van der Waals surface area contributed by atoms with Crippen molar-refractivity contribution in [1.82, 2.24) is 4.31 Å². The summed E-state index contributed by atoms with van der Waals surface area (Å²) in [5.41, 5.74) is 0.0558. The average Bonchev–Trinajstić information content (AvgIpc) is 2.75. The van der Waals surface area contributed by atoms with Crippen LogP contribution in [0.3, 0.4) is 0 Å². The van der Waals surface area contributed by atoms with Crippen LogP contribution in [-0.4, -0.2) is 36.4 Å². The predicted molar refractivity (Wildman–Crippen MR) is 73.7 cm³/mol. The number of rotatable bonds is 3. The predicted octanol–water partition coefficient (Wildman–Crippen LogP) is 2.32. The summed E-state index contributed by atoms with van der Waals surface area (Å²) in [6, 6.07) is 3.95. The number of carbonyl (C=O) groups is 1. The molecule has 104 valence electrons. The van der Waals surface area contributed by atoms with E-state index in [1.165, 1.54) is 22.5 Å². The topological polar surface area (TPSA) is 74.7 Å². The fourth-order valence-corrected chi connectivity index (χ4v) is 4.97. The molecule has 1 saturated heterocycles. The maximum atomic E-state index is 12.5. The molecule has 0 amide bonds. The van der Waals surface area contributed by atoms with Crippen molar-refractivity contribution in [2.75, 3.05) is 6.54 Å². The highest BCUT2D eigenvalue weighted by Gasteiger charge is 2.33. The van der Waals surface area contributed by atoms with E-state index < -0.39 is 16.0 Å². The smallest absolute Gasteiger partial charge is 0.335 e. The summed E-state index contributed by atoms with van der Waals surface area (Å²) in [6.07, 6.45) is 1.70. The van der Waals surface area contributed by atoms with Gasteiger partial charge < -0.3 is 5.11 Å². The summed E-state index contributed by atoms with van der Waals surface area (Å²) < 4.78 is 26.7. The molecule has 0 aromatic heterocycles. The average molecular weight is 348 g/mol. The van der Waals surface area contributed by atoms with Crippen molar-refractivity contribution in [3.05, 3.63) is 28.2 Å². The van der Waals surface area contributed by atoms with Crippen molar-refractivity contribution in [1.29, 1.82) is 0 Å². The monoisotopic (exact) mass is 347 g/mol. The lowest BCUT2D eigenvalue weighted by Gasteiger charge is -2.21. The summed E-state index contributed by atoms with van der Waals surface area (Å²) in [7, 11) is -3.57. The Morgan fingerprint density at radius 1 is 1.47 bits per heavy atom. The number of sulfonamides is 1. The van der Waals surface area contributed by atoms with E-state index in [0.29, 0.717) is 6.54 Å². The van der Waals surface area contributed by atoms with Gasteiger partial charge in [0.1, 0.15) is 0 Å². The fourth-order valence-electron chi connectivity index (χ4n) is 2.23. The third-order valence-electron chi connectivity index (χ3n) is 3.26. The van der Waals surface area contributed by atoms with Crippen LogP contribution in [-0.2, 0) is 10.0 Å². The van der Waals surface area contributed by atoms with Gasteiger partial charge in [-0.2, -0.15) is 4.31 Å². The Balaban J connectivity index is 2.44. The molecule has 2 rings (SSSR count). The van der Waals surface area contributed by atoms with Crippen LogP contribution in [0.2, 0.25) is 0 Å². The van der Waals surface area contributed by atoms with Crippen LogP contribution >= 0.6 is 15.9 Å². The summed E-state index contributed by atoms with van der Waals surface area (Å²) in [4.78, 5) is 11.0. The number of carboxylic acid groups (broad SMARTS) is 1. The Morgan fingerprint density at radius 3 is 2.63 bits per heavy atom. The van der Waals surface area contributed by atoms with Gasteiger partial charge in [-0.3, -0.25) is 0 Å². The summed E-state index contributed by atoms with van der Waals surface area (Å²) >= 11 is 3.15. The molecular formula is C12H14BrNO4S. The van der Waals surface area contributed by atoms with Crippen molar-refractivity contribution in [3.8, 4) is 0 Å². The normalized spacial score (nSPS) is 20.6. The summed E-state index contributed by atoms with van der Waals surface area (Å²) in [5.74, 6) is -1.08. The molecule has 0 saturated carbocycles. The van der Waals surface area contributed by atoms with Gasteiger partial charge in [-0.05, 0) is 53.9 Å². The van der Waals surface area contributed by atoms with E-state index in [9.17, 15) is 13.2 Å². The lowest BCUT2D eigenvalue weighted by atomic mass is 10.2. The van der Waals surface area contributed by atoms with Crippen LogP contribution in [0.15, 0.2) is 27.6 Å². The molecule has 0 bridgehead atoms. The van der Waals surface area contributed by atoms with Crippen LogP contribution in [0.1, 0.15) is 30.1 Å². The van der Waals surface area contributed by atoms with Crippen molar-refractivity contribution in [2.24, 2.45) is 0 Å². The van der Waals surface area contributed by atoms with Gasteiger partial charge in [-0.1, -0.05) is 0 Å². The molecular weight excluding hydrogens is 334 g/mol. The zero-order chi connectivity index (χ0) is 14.2. The van der Waals surface area contributed by atoms with Gasteiger partial charge in [-0.15, -0.1) is 0 Å². The van der Waals surface area contributed by atoms with E-state index >= 15 is 0 Å². The van der Waals surface area contributed by atoms with E-state index in [0.717, 1.165) is 12.8 Å². The van der Waals surface area contributed by atoms with Crippen molar-refractivity contribution in [3.63, 3.8) is 0 Å². The molecule has 1 unspecified atom stereocenters. The summed E-state index contributed by atoms with van der Waals surface area (Å²) in [5, 5.41) is 8.88. The molecule has 1 aromatic carbocycles. The Bertz CT molecular complexity index is 614. The first-order valence-corrected chi connectivity index (χ1v) is 8.12. The maximum Gasteiger partial charge on any atom is 0.335 e. The molecule has 1 fully saturated rings. The highest BCUT2D eigenvalue weighted by molar-refractivity contribution is 9.10. The van der Waals surface area contributed by atoms with Gasteiger partial charge in [0.25, 0.3) is 0 Å². The molecule has 0 spiro atoms. The van der Waals surface area contributed by atoms with E-state index in [1.54, 1.807) is 0 Å². The lowest BCUT2D eigenvalue weighted by molar-refractivity contribution is 0.0696. The van der Waals surface area contributed by atoms with Crippen LogP contribution < -0.4 is 0 Å². The molecule has 7 heteroatoms. The molecule has 19 heavy (non-hydrogen) atoms. The van der Waals surface area contributed by atoms with E-state index in [1.807, 2.05) is 6.92 Å². The fraction of sp³-hybridized carbons (Fsp3) is 0.417. The quantitative estimate of drug-likeness (QED) is 0.910. The van der Waals surface area contributed by atoms with Crippen LogP contribution in [0.5, 0.6) is 0 Å². The van der Waals surface area contributed by atoms with Gasteiger partial charge >= 0.3 is 5.97 Å². The van der Waals surface area contributed by atoms with Crippen LogP contribution in [0, 0.1) is 0 Å².